The van der Waals surface area contributed by atoms with Gasteiger partial charge in [0.15, 0.2) is 0 Å². The first kappa shape index (κ1) is 26.8. The lowest BCUT2D eigenvalue weighted by molar-refractivity contribution is -0.126. The molecule has 1 aliphatic rings. The molecule has 0 bridgehead atoms. The van der Waals surface area contributed by atoms with Crippen LogP contribution in [0.15, 0.2) is 29.2 Å². The largest absolute Gasteiger partial charge is 0.355 e. The number of rotatable bonds is 10. The number of hydrogen-bond donors (Lipinski definition) is 2. The fourth-order valence-electron chi connectivity index (χ4n) is 4.01. The molecule has 1 aromatic carbocycles. The molecule has 1 aromatic rings. The second-order valence-corrected chi connectivity index (χ2v) is 11.3. The van der Waals surface area contributed by atoms with Crippen molar-refractivity contribution in [1.29, 1.82) is 5.26 Å². The molecule has 33 heavy (non-hydrogen) atoms. The maximum atomic E-state index is 12.8. The van der Waals surface area contributed by atoms with Crippen LogP contribution >= 0.6 is 0 Å². The van der Waals surface area contributed by atoms with Crippen molar-refractivity contribution < 1.29 is 18.0 Å². The molecule has 0 saturated carbocycles. The van der Waals surface area contributed by atoms with Crippen molar-refractivity contribution in [3.63, 3.8) is 0 Å². The van der Waals surface area contributed by atoms with Crippen molar-refractivity contribution in [2.24, 2.45) is 11.3 Å². The molecule has 0 atom stereocenters. The Bertz CT molecular complexity index is 960. The van der Waals surface area contributed by atoms with E-state index in [0.29, 0.717) is 38.0 Å². The van der Waals surface area contributed by atoms with Crippen LogP contribution in [0.1, 0.15) is 43.5 Å². The van der Waals surface area contributed by atoms with Crippen molar-refractivity contribution in [2.75, 3.05) is 46.8 Å². The standard InChI is InChI=1S/C23H35N5O4S/c1-23(2,17-27(3)4)16-25-21(29)18-10-14-28(15-11-18)22(30)19-6-8-20(9-7-19)33(31,32)26-13-5-12-24/h6-9,18,26H,5,10-11,13-17H2,1-4H3,(H,25,29). The lowest BCUT2D eigenvalue weighted by Crippen LogP contribution is -2.46. The van der Waals surface area contributed by atoms with Crippen LogP contribution in [0.2, 0.25) is 0 Å². The number of benzene rings is 1. The molecule has 2 rings (SSSR count). The summed E-state index contributed by atoms with van der Waals surface area (Å²) in [5, 5.41) is 11.6. The second-order valence-electron chi connectivity index (χ2n) is 9.52. The molecule has 0 aromatic heterocycles. The summed E-state index contributed by atoms with van der Waals surface area (Å²) in [5.41, 5.74) is 0.375. The summed E-state index contributed by atoms with van der Waals surface area (Å²) in [6, 6.07) is 7.64. The maximum Gasteiger partial charge on any atom is 0.253 e. The van der Waals surface area contributed by atoms with Crippen LogP contribution in [0.5, 0.6) is 0 Å². The first-order chi connectivity index (χ1) is 15.4. The number of nitriles is 1. The highest BCUT2D eigenvalue weighted by Crippen LogP contribution is 2.21. The zero-order chi connectivity index (χ0) is 24.6. The first-order valence-corrected chi connectivity index (χ1v) is 12.6. The van der Waals surface area contributed by atoms with E-state index in [1.807, 2.05) is 20.2 Å². The number of hydrogen-bond acceptors (Lipinski definition) is 6. The third-order valence-corrected chi connectivity index (χ3v) is 7.06. The number of carbonyl (C=O) groups excluding carboxylic acids is 2. The number of piperidine rings is 1. The van der Waals surface area contributed by atoms with E-state index in [4.69, 9.17) is 5.26 Å². The average molecular weight is 478 g/mol. The SMILES string of the molecule is CN(C)CC(C)(C)CNC(=O)C1CCN(C(=O)c2ccc(S(=O)(=O)NCCC#N)cc2)CC1. The van der Waals surface area contributed by atoms with Crippen LogP contribution in [0.3, 0.4) is 0 Å². The van der Waals surface area contributed by atoms with E-state index in [1.54, 1.807) is 4.90 Å². The smallest absolute Gasteiger partial charge is 0.253 e. The van der Waals surface area contributed by atoms with E-state index >= 15 is 0 Å². The Hall–Kier alpha value is -2.48. The Morgan fingerprint density at radius 1 is 1.18 bits per heavy atom. The third-order valence-electron chi connectivity index (χ3n) is 5.58. The molecule has 0 spiro atoms. The van der Waals surface area contributed by atoms with Crippen molar-refractivity contribution in [3.05, 3.63) is 29.8 Å². The molecule has 1 heterocycles. The highest BCUT2D eigenvalue weighted by Gasteiger charge is 2.29. The zero-order valence-electron chi connectivity index (χ0n) is 19.9. The number of nitrogens with zero attached hydrogens (tertiary/aromatic N) is 3. The van der Waals surface area contributed by atoms with Gasteiger partial charge in [-0.05, 0) is 56.6 Å². The van der Waals surface area contributed by atoms with Crippen molar-refractivity contribution in [2.45, 2.75) is 38.0 Å². The van der Waals surface area contributed by atoms with Gasteiger partial charge < -0.3 is 15.1 Å². The lowest BCUT2D eigenvalue weighted by atomic mass is 9.91. The topological polar surface area (TPSA) is 123 Å². The molecule has 1 saturated heterocycles. The molecule has 182 valence electrons. The van der Waals surface area contributed by atoms with Gasteiger partial charge in [0.2, 0.25) is 15.9 Å². The molecule has 1 aliphatic heterocycles. The Balaban J connectivity index is 1.87. The van der Waals surface area contributed by atoms with E-state index < -0.39 is 10.0 Å². The predicted octanol–water partition coefficient (Wildman–Crippen LogP) is 1.43. The number of amides is 2. The van der Waals surface area contributed by atoms with Crippen molar-refractivity contribution in [1.82, 2.24) is 19.8 Å². The minimum Gasteiger partial charge on any atom is -0.355 e. The summed E-state index contributed by atoms with van der Waals surface area (Å²) in [6.07, 6.45) is 1.28. The number of sulfonamides is 1. The molecular weight excluding hydrogens is 442 g/mol. The Morgan fingerprint density at radius 3 is 2.33 bits per heavy atom. The summed E-state index contributed by atoms with van der Waals surface area (Å²) in [7, 11) is 0.308. The molecule has 2 amide bonds. The number of nitrogens with one attached hydrogen (secondary N) is 2. The van der Waals surface area contributed by atoms with Crippen LogP contribution in [-0.2, 0) is 14.8 Å². The molecule has 2 N–H and O–H groups in total. The van der Waals surface area contributed by atoms with E-state index in [1.165, 1.54) is 24.3 Å². The summed E-state index contributed by atoms with van der Waals surface area (Å²) in [6.45, 7) is 6.71. The third kappa shape index (κ3) is 8.11. The van der Waals surface area contributed by atoms with Gasteiger partial charge in [-0.2, -0.15) is 5.26 Å². The van der Waals surface area contributed by atoms with Crippen molar-refractivity contribution in [3.8, 4) is 6.07 Å². The molecule has 10 heteroatoms. The van der Waals surface area contributed by atoms with Crippen molar-refractivity contribution >= 4 is 21.8 Å². The van der Waals surface area contributed by atoms with Gasteiger partial charge in [0.25, 0.3) is 5.91 Å². The van der Waals surface area contributed by atoms with Gasteiger partial charge in [-0.25, -0.2) is 13.1 Å². The van der Waals surface area contributed by atoms with Gasteiger partial charge in [-0.15, -0.1) is 0 Å². The monoisotopic (exact) mass is 477 g/mol. The Labute approximate surface area is 197 Å². The molecule has 9 nitrogen and oxygen atoms in total. The minimum atomic E-state index is -3.71. The maximum absolute atomic E-state index is 12.8. The average Bonchev–Trinajstić information content (AvgIpc) is 2.76. The van der Waals surface area contributed by atoms with Gasteiger partial charge in [0.1, 0.15) is 0 Å². The summed E-state index contributed by atoms with van der Waals surface area (Å²) in [4.78, 5) is 29.3. The fraction of sp³-hybridized carbons (Fsp3) is 0.609. The highest BCUT2D eigenvalue weighted by molar-refractivity contribution is 7.89. The zero-order valence-corrected chi connectivity index (χ0v) is 20.7. The Kier molecular flexibility index (Phi) is 9.40. The highest BCUT2D eigenvalue weighted by atomic mass is 32.2. The van der Waals surface area contributed by atoms with Gasteiger partial charge >= 0.3 is 0 Å². The van der Waals surface area contributed by atoms with Gasteiger partial charge in [-0.3, -0.25) is 9.59 Å². The molecule has 0 unspecified atom stereocenters. The lowest BCUT2D eigenvalue weighted by Gasteiger charge is -2.33. The summed E-state index contributed by atoms with van der Waals surface area (Å²) in [5.74, 6) is -0.258. The van der Waals surface area contributed by atoms with Gasteiger partial charge in [0.05, 0.1) is 11.0 Å². The predicted molar refractivity (Wildman–Crippen MR) is 126 cm³/mol. The molecule has 1 fully saturated rings. The van der Waals surface area contributed by atoms with Crippen LogP contribution in [0, 0.1) is 22.7 Å². The van der Waals surface area contributed by atoms with Crippen LogP contribution in [-0.4, -0.2) is 76.9 Å². The summed E-state index contributed by atoms with van der Waals surface area (Å²) >= 11 is 0. The Morgan fingerprint density at radius 2 is 1.79 bits per heavy atom. The number of likely N-dealkylation sites (tertiary alicyclic amines) is 1. The molecular formula is C23H35N5O4S. The van der Waals surface area contributed by atoms with Crippen LogP contribution in [0.4, 0.5) is 0 Å². The second kappa shape index (κ2) is 11.6. The molecule has 0 radical (unpaired) electrons. The fourth-order valence-corrected chi connectivity index (χ4v) is 5.04. The van der Waals surface area contributed by atoms with E-state index in [9.17, 15) is 18.0 Å². The minimum absolute atomic E-state index is 0.0271. The van der Waals surface area contributed by atoms with E-state index in [0.717, 1.165) is 6.54 Å². The normalized spacial score (nSPS) is 15.3. The van der Waals surface area contributed by atoms with Crippen LogP contribution in [0.25, 0.3) is 0 Å². The van der Waals surface area contributed by atoms with E-state index in [-0.39, 0.29) is 41.0 Å². The number of carbonyl (C=O) groups is 2. The quantitative estimate of drug-likeness (QED) is 0.492. The van der Waals surface area contributed by atoms with Crippen LogP contribution < -0.4 is 10.0 Å². The van der Waals surface area contributed by atoms with E-state index in [2.05, 4.69) is 28.8 Å². The molecule has 0 aliphatic carbocycles. The van der Waals surface area contributed by atoms with Gasteiger partial charge in [-0.1, -0.05) is 13.8 Å². The van der Waals surface area contributed by atoms with Gasteiger partial charge in [0, 0.05) is 50.6 Å². The summed E-state index contributed by atoms with van der Waals surface area (Å²) < 4.78 is 26.7. The first-order valence-electron chi connectivity index (χ1n) is 11.1.